The number of aliphatic hydroxyl groups excluding tert-OH is 1. The molecule has 1 aliphatic heterocycles. The SMILES string of the molecule is Cc1cc([N+](=O)[O-])ccc1N1CCCC(C(O)c2nccn2C)C1. The minimum absolute atomic E-state index is 0.0921. The number of aromatic nitrogens is 2. The molecule has 2 heterocycles. The second-order valence-electron chi connectivity index (χ2n) is 6.42. The summed E-state index contributed by atoms with van der Waals surface area (Å²) in [6.45, 7) is 3.50. The predicted octanol–water partition coefficient (Wildman–Crippen LogP) is 2.59. The van der Waals surface area contributed by atoms with Crippen molar-refractivity contribution in [1.82, 2.24) is 9.55 Å². The fourth-order valence-electron chi connectivity index (χ4n) is 3.47. The van der Waals surface area contributed by atoms with Gasteiger partial charge in [-0.1, -0.05) is 0 Å². The van der Waals surface area contributed by atoms with Gasteiger partial charge in [-0.15, -0.1) is 0 Å². The molecule has 24 heavy (non-hydrogen) atoms. The van der Waals surface area contributed by atoms with Crippen LogP contribution in [-0.2, 0) is 7.05 Å². The Morgan fingerprint density at radius 2 is 2.25 bits per heavy atom. The summed E-state index contributed by atoms with van der Waals surface area (Å²) in [5, 5.41) is 21.6. The lowest BCUT2D eigenvalue weighted by Crippen LogP contribution is -2.38. The molecule has 1 saturated heterocycles. The third-order valence-electron chi connectivity index (χ3n) is 4.76. The summed E-state index contributed by atoms with van der Waals surface area (Å²) in [5.74, 6) is 0.775. The Balaban J connectivity index is 1.78. The van der Waals surface area contributed by atoms with Crippen molar-refractivity contribution in [2.45, 2.75) is 25.9 Å². The van der Waals surface area contributed by atoms with Crippen LogP contribution in [0.1, 0.15) is 30.3 Å². The standard InChI is InChI=1S/C17H22N4O3/c1-12-10-14(21(23)24)5-6-15(12)20-8-3-4-13(11-20)16(22)17-18-7-9-19(17)2/h5-7,9-10,13,16,22H,3-4,8,11H2,1-2H3. The summed E-state index contributed by atoms with van der Waals surface area (Å²) in [7, 11) is 1.88. The van der Waals surface area contributed by atoms with Crippen molar-refractivity contribution >= 4 is 11.4 Å². The van der Waals surface area contributed by atoms with Gasteiger partial charge in [-0.3, -0.25) is 10.1 Å². The Morgan fingerprint density at radius 3 is 2.88 bits per heavy atom. The van der Waals surface area contributed by atoms with Crippen molar-refractivity contribution in [3.8, 4) is 0 Å². The largest absolute Gasteiger partial charge is 0.385 e. The van der Waals surface area contributed by atoms with Gasteiger partial charge in [0.05, 0.1) is 4.92 Å². The summed E-state index contributed by atoms with van der Waals surface area (Å²) in [5.41, 5.74) is 1.99. The maximum atomic E-state index is 10.9. The smallest absolute Gasteiger partial charge is 0.269 e. The molecule has 7 nitrogen and oxygen atoms in total. The highest BCUT2D eigenvalue weighted by atomic mass is 16.6. The number of non-ortho nitro benzene ring substituents is 1. The summed E-state index contributed by atoms with van der Waals surface area (Å²) in [4.78, 5) is 17.0. The van der Waals surface area contributed by atoms with Gasteiger partial charge in [0.15, 0.2) is 0 Å². The second-order valence-corrected chi connectivity index (χ2v) is 6.42. The average Bonchev–Trinajstić information content (AvgIpc) is 3.00. The van der Waals surface area contributed by atoms with Gasteiger partial charge in [0, 0.05) is 56.3 Å². The quantitative estimate of drug-likeness (QED) is 0.688. The van der Waals surface area contributed by atoms with E-state index in [1.54, 1.807) is 18.3 Å². The van der Waals surface area contributed by atoms with Crippen LogP contribution in [0.5, 0.6) is 0 Å². The first kappa shape index (κ1) is 16.4. The van der Waals surface area contributed by atoms with E-state index in [0.717, 1.165) is 30.6 Å². The van der Waals surface area contributed by atoms with Crippen molar-refractivity contribution < 1.29 is 10.0 Å². The Bertz CT molecular complexity index is 743. The van der Waals surface area contributed by atoms with E-state index < -0.39 is 6.10 Å². The number of aryl methyl sites for hydroxylation is 2. The van der Waals surface area contributed by atoms with E-state index in [1.165, 1.54) is 0 Å². The zero-order chi connectivity index (χ0) is 17.3. The topological polar surface area (TPSA) is 84.4 Å². The second kappa shape index (κ2) is 6.60. The van der Waals surface area contributed by atoms with Crippen molar-refractivity contribution in [1.29, 1.82) is 0 Å². The minimum Gasteiger partial charge on any atom is -0.385 e. The van der Waals surface area contributed by atoms with Gasteiger partial charge in [-0.2, -0.15) is 0 Å². The lowest BCUT2D eigenvalue weighted by Gasteiger charge is -2.37. The van der Waals surface area contributed by atoms with Gasteiger partial charge in [0.25, 0.3) is 5.69 Å². The molecule has 128 valence electrons. The van der Waals surface area contributed by atoms with Crippen LogP contribution in [0.15, 0.2) is 30.6 Å². The van der Waals surface area contributed by atoms with E-state index in [-0.39, 0.29) is 16.5 Å². The number of nitrogens with zero attached hydrogens (tertiary/aromatic N) is 4. The first-order valence-electron chi connectivity index (χ1n) is 8.12. The van der Waals surface area contributed by atoms with E-state index in [9.17, 15) is 15.2 Å². The van der Waals surface area contributed by atoms with Gasteiger partial charge < -0.3 is 14.6 Å². The Labute approximate surface area is 140 Å². The molecule has 7 heteroatoms. The fraction of sp³-hybridized carbons (Fsp3) is 0.471. The summed E-state index contributed by atoms with van der Waals surface area (Å²) >= 11 is 0. The van der Waals surface area contributed by atoms with Crippen LogP contribution in [0.3, 0.4) is 0 Å². The van der Waals surface area contributed by atoms with Gasteiger partial charge in [0.2, 0.25) is 0 Å². The van der Waals surface area contributed by atoms with Crippen molar-refractivity contribution in [2.75, 3.05) is 18.0 Å². The van der Waals surface area contributed by atoms with E-state index in [1.807, 2.05) is 30.8 Å². The number of anilines is 1. The monoisotopic (exact) mass is 330 g/mol. The molecule has 2 atom stereocenters. The molecule has 0 radical (unpaired) electrons. The van der Waals surface area contributed by atoms with Gasteiger partial charge in [0.1, 0.15) is 11.9 Å². The van der Waals surface area contributed by atoms with Gasteiger partial charge in [-0.25, -0.2) is 4.98 Å². The Kier molecular flexibility index (Phi) is 4.53. The number of piperidine rings is 1. The molecule has 0 bridgehead atoms. The molecule has 1 N–H and O–H groups in total. The third-order valence-corrected chi connectivity index (χ3v) is 4.76. The first-order valence-corrected chi connectivity index (χ1v) is 8.12. The normalized spacial score (nSPS) is 19.3. The molecule has 0 aliphatic carbocycles. The maximum absolute atomic E-state index is 10.9. The van der Waals surface area contributed by atoms with Crippen LogP contribution >= 0.6 is 0 Å². The van der Waals surface area contributed by atoms with Crippen LogP contribution in [0, 0.1) is 23.0 Å². The van der Waals surface area contributed by atoms with E-state index in [4.69, 9.17) is 0 Å². The zero-order valence-corrected chi connectivity index (χ0v) is 13.9. The number of nitro benzene ring substituents is 1. The molecule has 1 aromatic carbocycles. The molecule has 0 saturated carbocycles. The Hall–Kier alpha value is -2.41. The molecular formula is C17H22N4O3. The lowest BCUT2D eigenvalue weighted by molar-refractivity contribution is -0.384. The van der Waals surface area contributed by atoms with Gasteiger partial charge >= 0.3 is 0 Å². The molecule has 3 rings (SSSR count). The number of benzene rings is 1. The van der Waals surface area contributed by atoms with E-state index in [2.05, 4.69) is 9.88 Å². The number of rotatable bonds is 4. The molecule has 1 aliphatic rings. The molecule has 0 spiro atoms. The van der Waals surface area contributed by atoms with Crippen LogP contribution in [-0.4, -0.2) is 32.7 Å². The molecule has 2 unspecified atom stereocenters. The fourth-order valence-corrected chi connectivity index (χ4v) is 3.47. The molecule has 1 fully saturated rings. The van der Waals surface area contributed by atoms with Crippen LogP contribution in [0.2, 0.25) is 0 Å². The Morgan fingerprint density at radius 1 is 1.46 bits per heavy atom. The third kappa shape index (κ3) is 3.12. The molecule has 1 aromatic heterocycles. The van der Waals surface area contributed by atoms with Crippen LogP contribution in [0.25, 0.3) is 0 Å². The highest BCUT2D eigenvalue weighted by Crippen LogP contribution is 2.33. The van der Waals surface area contributed by atoms with Crippen molar-refractivity contribution in [3.05, 3.63) is 52.1 Å². The predicted molar refractivity (Wildman–Crippen MR) is 90.9 cm³/mol. The number of imidazole rings is 1. The van der Waals surface area contributed by atoms with Crippen LogP contribution < -0.4 is 4.90 Å². The number of hydrogen-bond acceptors (Lipinski definition) is 5. The summed E-state index contributed by atoms with van der Waals surface area (Å²) in [6.07, 6.45) is 4.84. The number of hydrogen-bond donors (Lipinski definition) is 1. The first-order chi connectivity index (χ1) is 11.5. The van der Waals surface area contributed by atoms with Crippen molar-refractivity contribution in [2.24, 2.45) is 13.0 Å². The summed E-state index contributed by atoms with van der Waals surface area (Å²) < 4.78 is 1.85. The minimum atomic E-state index is -0.605. The van der Waals surface area contributed by atoms with Crippen LogP contribution in [0.4, 0.5) is 11.4 Å². The molecular weight excluding hydrogens is 308 g/mol. The number of nitro groups is 1. The maximum Gasteiger partial charge on any atom is 0.269 e. The lowest BCUT2D eigenvalue weighted by atomic mass is 9.91. The highest BCUT2D eigenvalue weighted by molar-refractivity contribution is 5.57. The summed E-state index contributed by atoms with van der Waals surface area (Å²) in [6, 6.07) is 4.96. The van der Waals surface area contributed by atoms with Gasteiger partial charge in [-0.05, 0) is 31.4 Å². The molecule has 0 amide bonds. The average molecular weight is 330 g/mol. The van der Waals surface area contributed by atoms with E-state index in [0.29, 0.717) is 12.4 Å². The number of aliphatic hydroxyl groups is 1. The van der Waals surface area contributed by atoms with E-state index >= 15 is 0 Å². The van der Waals surface area contributed by atoms with Crippen molar-refractivity contribution in [3.63, 3.8) is 0 Å². The molecule has 2 aromatic rings. The highest BCUT2D eigenvalue weighted by Gasteiger charge is 2.30. The zero-order valence-electron chi connectivity index (χ0n) is 13.9.